The Morgan fingerprint density at radius 1 is 1.00 bits per heavy atom. The Hall–Kier alpha value is -2.82. The van der Waals surface area contributed by atoms with Gasteiger partial charge < -0.3 is 15.7 Å². The smallest absolute Gasteiger partial charge is 0.337 e. The molecule has 0 aliphatic rings. The van der Waals surface area contributed by atoms with Crippen LogP contribution >= 0.6 is 0 Å². The molecule has 102 valence electrons. The van der Waals surface area contributed by atoms with Gasteiger partial charge in [0.2, 0.25) is 0 Å². The number of hydrogen-bond donors (Lipinski definition) is 3. The lowest BCUT2D eigenvalue weighted by atomic mass is 10.2. The lowest BCUT2D eigenvalue weighted by molar-refractivity contribution is 0.0698. The lowest BCUT2D eigenvalue weighted by Gasteiger charge is -2.10. The molecule has 2 rings (SSSR count). The van der Waals surface area contributed by atoms with Crippen LogP contribution in [-0.2, 0) is 0 Å². The molecule has 0 aromatic heterocycles. The number of benzene rings is 2. The number of carbonyl (C=O) groups excluding carboxylic acids is 1. The maximum Gasteiger partial charge on any atom is 0.337 e. The number of amides is 2. The summed E-state index contributed by atoms with van der Waals surface area (Å²) in [7, 11) is 0. The van der Waals surface area contributed by atoms with Crippen LogP contribution in [0, 0.1) is 6.92 Å². The van der Waals surface area contributed by atoms with Crippen LogP contribution in [0.4, 0.5) is 16.2 Å². The molecule has 20 heavy (non-hydrogen) atoms. The molecule has 5 nitrogen and oxygen atoms in total. The summed E-state index contributed by atoms with van der Waals surface area (Å²) in [6.07, 6.45) is 0. The molecule has 5 heteroatoms. The van der Waals surface area contributed by atoms with E-state index in [1.807, 2.05) is 25.1 Å². The fourth-order valence-electron chi connectivity index (χ4n) is 1.79. The summed E-state index contributed by atoms with van der Waals surface area (Å²) < 4.78 is 0. The zero-order valence-electron chi connectivity index (χ0n) is 10.9. The third-order valence-electron chi connectivity index (χ3n) is 2.68. The minimum Gasteiger partial charge on any atom is -0.478 e. The van der Waals surface area contributed by atoms with Gasteiger partial charge in [-0.1, -0.05) is 24.3 Å². The Bertz CT molecular complexity index is 653. The molecule has 0 radical (unpaired) electrons. The largest absolute Gasteiger partial charge is 0.478 e. The number of anilines is 2. The molecule has 0 spiro atoms. The highest BCUT2D eigenvalue weighted by Gasteiger charge is 2.11. The normalized spacial score (nSPS) is 9.85. The first-order valence-electron chi connectivity index (χ1n) is 6.03. The second-order valence-corrected chi connectivity index (χ2v) is 4.30. The lowest BCUT2D eigenvalue weighted by Crippen LogP contribution is -2.21. The van der Waals surface area contributed by atoms with Crippen molar-refractivity contribution in [3.05, 3.63) is 59.7 Å². The Kier molecular flexibility index (Phi) is 4.00. The molecule has 0 aliphatic carbocycles. The van der Waals surface area contributed by atoms with Crippen molar-refractivity contribution >= 4 is 23.4 Å². The highest BCUT2D eigenvalue weighted by Crippen LogP contribution is 2.16. The van der Waals surface area contributed by atoms with Gasteiger partial charge in [-0.05, 0) is 36.8 Å². The van der Waals surface area contributed by atoms with Crippen molar-refractivity contribution in [2.24, 2.45) is 0 Å². The molecule has 0 heterocycles. The molecule has 0 saturated heterocycles. The van der Waals surface area contributed by atoms with E-state index in [9.17, 15) is 9.59 Å². The van der Waals surface area contributed by atoms with Gasteiger partial charge in [-0.25, -0.2) is 9.59 Å². The van der Waals surface area contributed by atoms with Crippen molar-refractivity contribution in [1.82, 2.24) is 0 Å². The average Bonchev–Trinajstić information content (AvgIpc) is 2.38. The van der Waals surface area contributed by atoms with E-state index < -0.39 is 12.0 Å². The molecular formula is C15H14N2O3. The van der Waals surface area contributed by atoms with Crippen molar-refractivity contribution in [2.45, 2.75) is 6.92 Å². The maximum atomic E-state index is 11.9. The second-order valence-electron chi connectivity index (χ2n) is 4.30. The van der Waals surface area contributed by atoms with Crippen molar-refractivity contribution in [3.8, 4) is 0 Å². The first-order chi connectivity index (χ1) is 9.56. The quantitative estimate of drug-likeness (QED) is 0.800. The van der Waals surface area contributed by atoms with Crippen molar-refractivity contribution < 1.29 is 14.7 Å². The summed E-state index contributed by atoms with van der Waals surface area (Å²) in [5.41, 5.74) is 1.97. The number of carboxylic acids is 1. The standard InChI is InChI=1S/C15H14N2O3/c1-10-5-4-6-11(9-10)16-15(20)17-13-8-3-2-7-12(13)14(18)19/h2-9H,1H3,(H,18,19)(H2,16,17,20). The van der Waals surface area contributed by atoms with E-state index in [0.29, 0.717) is 5.69 Å². The summed E-state index contributed by atoms with van der Waals surface area (Å²) in [4.78, 5) is 22.9. The van der Waals surface area contributed by atoms with Crippen LogP contribution in [0.1, 0.15) is 15.9 Å². The minimum atomic E-state index is -1.09. The first-order valence-corrected chi connectivity index (χ1v) is 6.03. The van der Waals surface area contributed by atoms with Crippen LogP contribution in [0.2, 0.25) is 0 Å². The zero-order valence-corrected chi connectivity index (χ0v) is 10.9. The Morgan fingerprint density at radius 3 is 2.45 bits per heavy atom. The molecule has 2 aromatic carbocycles. The van der Waals surface area contributed by atoms with Crippen LogP contribution in [-0.4, -0.2) is 17.1 Å². The predicted octanol–water partition coefficient (Wildman–Crippen LogP) is 3.34. The third-order valence-corrected chi connectivity index (χ3v) is 2.68. The van der Waals surface area contributed by atoms with Gasteiger partial charge in [0.25, 0.3) is 0 Å². The maximum absolute atomic E-state index is 11.9. The number of aryl methyl sites for hydroxylation is 1. The number of hydrogen-bond acceptors (Lipinski definition) is 2. The van der Waals surface area contributed by atoms with Crippen LogP contribution < -0.4 is 10.6 Å². The highest BCUT2D eigenvalue weighted by molar-refractivity contribution is 6.04. The topological polar surface area (TPSA) is 78.4 Å². The van der Waals surface area contributed by atoms with E-state index in [1.54, 1.807) is 24.3 Å². The van der Waals surface area contributed by atoms with Crippen molar-refractivity contribution in [3.63, 3.8) is 0 Å². The van der Waals surface area contributed by atoms with E-state index in [4.69, 9.17) is 5.11 Å². The summed E-state index contributed by atoms with van der Waals surface area (Å²) in [6.45, 7) is 1.92. The number of urea groups is 1. The zero-order chi connectivity index (χ0) is 14.5. The van der Waals surface area contributed by atoms with Gasteiger partial charge in [-0.15, -0.1) is 0 Å². The number of rotatable bonds is 3. The number of aromatic carboxylic acids is 1. The second kappa shape index (κ2) is 5.88. The molecule has 0 saturated carbocycles. The minimum absolute atomic E-state index is 0.0480. The SMILES string of the molecule is Cc1cccc(NC(=O)Nc2ccccc2C(=O)O)c1. The van der Waals surface area contributed by atoms with E-state index in [0.717, 1.165) is 5.56 Å². The molecule has 0 bridgehead atoms. The summed E-state index contributed by atoms with van der Waals surface area (Å²) in [5.74, 6) is -1.09. The number of carboxylic acid groups (broad SMARTS) is 1. The average molecular weight is 270 g/mol. The van der Waals surface area contributed by atoms with Crippen LogP contribution in [0.3, 0.4) is 0 Å². The van der Waals surface area contributed by atoms with Gasteiger partial charge in [-0.3, -0.25) is 0 Å². The molecular weight excluding hydrogens is 256 g/mol. The molecule has 0 atom stereocenters. The van der Waals surface area contributed by atoms with Crippen LogP contribution in [0.5, 0.6) is 0 Å². The van der Waals surface area contributed by atoms with Gasteiger partial charge in [0.05, 0.1) is 11.3 Å². The van der Waals surface area contributed by atoms with Crippen molar-refractivity contribution in [2.75, 3.05) is 10.6 Å². The van der Waals surface area contributed by atoms with E-state index in [2.05, 4.69) is 10.6 Å². The molecule has 3 N–H and O–H groups in total. The highest BCUT2D eigenvalue weighted by atomic mass is 16.4. The number of nitrogens with one attached hydrogen (secondary N) is 2. The van der Waals surface area contributed by atoms with E-state index in [-0.39, 0.29) is 11.3 Å². The summed E-state index contributed by atoms with van der Waals surface area (Å²) in [6, 6.07) is 13.1. The van der Waals surface area contributed by atoms with Crippen molar-refractivity contribution in [1.29, 1.82) is 0 Å². The Labute approximate surface area is 116 Å². The predicted molar refractivity (Wildman–Crippen MR) is 77.2 cm³/mol. The van der Waals surface area contributed by atoms with Gasteiger partial charge in [0.15, 0.2) is 0 Å². The van der Waals surface area contributed by atoms with E-state index >= 15 is 0 Å². The fourth-order valence-corrected chi connectivity index (χ4v) is 1.79. The fraction of sp³-hybridized carbons (Fsp3) is 0.0667. The molecule has 0 unspecified atom stereocenters. The molecule has 0 fully saturated rings. The summed E-state index contributed by atoms with van der Waals surface area (Å²) >= 11 is 0. The third kappa shape index (κ3) is 3.35. The van der Waals surface area contributed by atoms with Crippen LogP contribution in [0.25, 0.3) is 0 Å². The molecule has 2 aromatic rings. The number of carbonyl (C=O) groups is 2. The Morgan fingerprint density at radius 2 is 1.75 bits per heavy atom. The van der Waals surface area contributed by atoms with E-state index in [1.165, 1.54) is 6.07 Å². The summed E-state index contributed by atoms with van der Waals surface area (Å²) in [5, 5.41) is 14.2. The molecule has 2 amide bonds. The van der Waals surface area contributed by atoms with Gasteiger partial charge in [-0.2, -0.15) is 0 Å². The van der Waals surface area contributed by atoms with Crippen LogP contribution in [0.15, 0.2) is 48.5 Å². The van der Waals surface area contributed by atoms with Gasteiger partial charge >= 0.3 is 12.0 Å². The number of para-hydroxylation sites is 1. The Balaban J connectivity index is 2.11. The first kappa shape index (κ1) is 13.6. The van der Waals surface area contributed by atoms with Gasteiger partial charge in [0.1, 0.15) is 0 Å². The van der Waals surface area contributed by atoms with Gasteiger partial charge in [0, 0.05) is 5.69 Å². The monoisotopic (exact) mass is 270 g/mol. The molecule has 0 aliphatic heterocycles.